The van der Waals surface area contributed by atoms with Crippen molar-refractivity contribution in [3.05, 3.63) is 150 Å². The van der Waals surface area contributed by atoms with Crippen LogP contribution in [0, 0.1) is 0 Å². The number of nitrogens with zero attached hydrogens (tertiary/aromatic N) is 8. The van der Waals surface area contributed by atoms with Crippen molar-refractivity contribution in [2.45, 2.75) is 35.7 Å². The van der Waals surface area contributed by atoms with E-state index in [4.69, 9.17) is 0 Å². The van der Waals surface area contributed by atoms with Gasteiger partial charge in [-0.15, -0.1) is 4.68 Å². The first-order valence-electron chi connectivity index (χ1n) is 18.6. The van der Waals surface area contributed by atoms with Gasteiger partial charge in [0, 0.05) is 67.0 Å². The molecule has 2 N–H and O–H groups in total. The Hall–Kier alpha value is -5.60. The van der Waals surface area contributed by atoms with E-state index in [0.717, 1.165) is 10.2 Å². The van der Waals surface area contributed by atoms with Gasteiger partial charge in [-0.25, -0.2) is 21.8 Å². The second-order valence-corrected chi connectivity index (χ2v) is 18.4. The average Bonchev–Trinajstić information content (AvgIpc) is 4.03. The topological polar surface area (TPSA) is 190 Å². The average molecular weight is 905 g/mol. The molecule has 6 aromatic rings. The zero-order valence-electron chi connectivity index (χ0n) is 32.3. The van der Waals surface area contributed by atoms with Crippen LogP contribution in [0.3, 0.4) is 0 Å². The summed E-state index contributed by atoms with van der Waals surface area (Å²) in [6, 6.07) is 30.8. The summed E-state index contributed by atoms with van der Waals surface area (Å²) in [5, 5.41) is 8.91. The fraction of sp³-hybridized carbons (Fsp3) is 0.250. The molecule has 8 rings (SSSR count). The molecule has 16 nitrogen and oxygen atoms in total. The van der Waals surface area contributed by atoms with Gasteiger partial charge in [-0.1, -0.05) is 52.3 Å². The Bertz CT molecular complexity index is 2460. The quantitative estimate of drug-likeness (QED) is 0.223. The smallest absolute Gasteiger partial charge is 0.312 e. The van der Waals surface area contributed by atoms with Crippen molar-refractivity contribution >= 4 is 47.8 Å². The van der Waals surface area contributed by atoms with Gasteiger partial charge in [-0.3, -0.25) is 14.7 Å². The lowest BCUT2D eigenvalue weighted by molar-refractivity contribution is -0.656. The normalized spacial score (nSPS) is 17.5. The predicted molar refractivity (Wildman–Crippen MR) is 222 cm³/mol. The van der Waals surface area contributed by atoms with Crippen LogP contribution in [-0.2, 0) is 20.0 Å². The molecule has 2 aliphatic heterocycles. The van der Waals surface area contributed by atoms with Gasteiger partial charge >= 0.3 is 6.33 Å². The second kappa shape index (κ2) is 19.4. The van der Waals surface area contributed by atoms with Gasteiger partial charge in [0.05, 0.1) is 9.79 Å². The maximum atomic E-state index is 13.1. The van der Waals surface area contributed by atoms with E-state index in [0.29, 0.717) is 37.3 Å². The maximum Gasteiger partial charge on any atom is 0.312 e. The van der Waals surface area contributed by atoms with Gasteiger partial charge in [-0.2, -0.15) is 18.8 Å². The summed E-state index contributed by atoms with van der Waals surface area (Å²) >= 11 is 3.31. The number of halogens is 1. The third-order valence-electron chi connectivity index (χ3n) is 9.68. The Kier molecular flexibility index (Phi) is 14.2. The summed E-state index contributed by atoms with van der Waals surface area (Å²) in [7, 11) is -7.22. The minimum Gasteiger partial charge on any atom is -0.336 e. The molecule has 2 fully saturated rings. The van der Waals surface area contributed by atoms with E-state index < -0.39 is 20.0 Å². The maximum absolute atomic E-state index is 13.1. The van der Waals surface area contributed by atoms with Crippen LogP contribution >= 0.6 is 15.9 Å². The highest BCUT2D eigenvalue weighted by Gasteiger charge is 2.37. The largest absolute Gasteiger partial charge is 0.336 e. The monoisotopic (exact) mass is 903 g/mol. The Labute approximate surface area is 351 Å². The third-order valence-corrected chi connectivity index (χ3v) is 14.3. The van der Waals surface area contributed by atoms with Crippen LogP contribution in [-0.4, -0.2) is 124 Å². The molecular weight excluding hydrogens is 861 g/mol. The number of carbonyl (C=O) groups is 2. The van der Waals surface area contributed by atoms with Crippen LogP contribution in [0.25, 0.3) is 5.69 Å². The van der Waals surface area contributed by atoms with Crippen molar-refractivity contribution in [2.24, 2.45) is 0 Å². The Morgan fingerprint density at radius 1 is 0.644 bits per heavy atom. The number of sulfonamides is 2. The highest BCUT2D eigenvalue weighted by molar-refractivity contribution is 9.10. The molecule has 4 aromatic carbocycles. The minimum absolute atomic E-state index is 0.0619. The van der Waals surface area contributed by atoms with Crippen molar-refractivity contribution in [1.82, 2.24) is 43.7 Å². The summed E-state index contributed by atoms with van der Waals surface area (Å²) in [5.74, 6) is -0.136. The predicted octanol–water partition coefficient (Wildman–Crippen LogP) is 4.01. The van der Waals surface area contributed by atoms with Crippen LogP contribution in [0.15, 0.2) is 149 Å². The fourth-order valence-electron chi connectivity index (χ4n) is 6.68. The van der Waals surface area contributed by atoms with E-state index >= 15 is 0 Å². The Morgan fingerprint density at radius 2 is 1.12 bits per heavy atom. The van der Waals surface area contributed by atoms with Crippen molar-refractivity contribution in [3.8, 4) is 5.69 Å². The van der Waals surface area contributed by atoms with E-state index in [1.807, 2.05) is 50.2 Å². The number of nitrogens with one attached hydrogen (secondary N) is 2. The van der Waals surface area contributed by atoms with Crippen molar-refractivity contribution in [1.29, 1.82) is 0 Å². The number of hydrogen-bond acceptors (Lipinski definition) is 9. The summed E-state index contributed by atoms with van der Waals surface area (Å²) in [6.07, 6.45) is 6.11. The number of hydrogen-bond donors (Lipinski definition) is 2. The van der Waals surface area contributed by atoms with E-state index in [-0.39, 0.29) is 46.8 Å². The third kappa shape index (κ3) is 10.5. The second-order valence-electron chi connectivity index (χ2n) is 13.7. The molecule has 2 unspecified atom stereocenters. The zero-order chi connectivity index (χ0) is 42.0. The van der Waals surface area contributed by atoms with E-state index in [1.165, 1.54) is 21.3 Å². The van der Waals surface area contributed by atoms with E-state index in [2.05, 4.69) is 41.2 Å². The molecule has 0 aliphatic carbocycles. The standard InChI is InChI=1S/C20H21N5O3S.C18H19BrN2O3S.C2H3N3/c1-16-13-23(20(26)17-5-3-2-4-6-17)11-12-25(16)29(27,28)19-9-7-18(8-10-19)24-15-21-14-22-24;1-14-13-20(18(22)15-5-3-2-4-6-15)11-12-21(14)25(23,24)17-9-7-16(19)8-10-17;1-3-2-5-4-1/h2-10,14-16H,11-13H2,1H3;2-10,14H,11-13H2,1H3;1-2H,(H,3,4,5)/p+1. The van der Waals surface area contributed by atoms with Crippen LogP contribution in [0.4, 0.5) is 0 Å². The number of piperazine rings is 2. The lowest BCUT2D eigenvalue weighted by Gasteiger charge is -2.39. The van der Waals surface area contributed by atoms with Gasteiger partial charge in [0.25, 0.3) is 11.8 Å². The fourth-order valence-corrected chi connectivity index (χ4v) is 10.2. The van der Waals surface area contributed by atoms with Crippen LogP contribution < -0.4 is 4.68 Å². The van der Waals surface area contributed by atoms with Crippen LogP contribution in [0.5, 0.6) is 0 Å². The summed E-state index contributed by atoms with van der Waals surface area (Å²) in [6.45, 7) is 5.70. The molecule has 4 heterocycles. The Balaban J connectivity index is 0.000000179. The molecular formula is C40H44BrN10O6S2+. The van der Waals surface area contributed by atoms with Gasteiger partial charge in [0.1, 0.15) is 12.7 Å². The lowest BCUT2D eigenvalue weighted by Crippen LogP contribution is -2.55. The number of amides is 2. The molecule has 0 saturated carbocycles. The van der Waals surface area contributed by atoms with Crippen molar-refractivity contribution in [2.75, 3.05) is 39.3 Å². The molecule has 2 saturated heterocycles. The minimum atomic E-state index is -3.65. The first kappa shape index (κ1) is 43.0. The lowest BCUT2D eigenvalue weighted by atomic mass is 10.1. The zero-order valence-corrected chi connectivity index (χ0v) is 35.5. The first-order chi connectivity index (χ1) is 28.4. The van der Waals surface area contributed by atoms with E-state index in [1.54, 1.807) is 99.9 Å². The summed E-state index contributed by atoms with van der Waals surface area (Å²) < 4.78 is 57.5. The molecule has 2 atom stereocenters. The molecule has 2 aliphatic rings. The molecule has 0 bridgehead atoms. The van der Waals surface area contributed by atoms with E-state index in [9.17, 15) is 26.4 Å². The SMILES string of the molecule is CC1CN(C(=O)c2ccccc2)CCN1S(=O)(=O)c1ccc(-[n+]2cnc[nH]2)cc1.CC1CN(C(=O)c2ccccc2)CCN1S(=O)(=O)c1ccc(Br)cc1.c1nc[nH]n1. The highest BCUT2D eigenvalue weighted by atomic mass is 79.9. The van der Waals surface area contributed by atoms with Gasteiger partial charge in [0.15, 0.2) is 5.69 Å². The first-order valence-corrected chi connectivity index (χ1v) is 22.3. The van der Waals surface area contributed by atoms with Crippen LogP contribution in [0.2, 0.25) is 0 Å². The molecule has 0 spiro atoms. The van der Waals surface area contributed by atoms with Gasteiger partial charge < -0.3 is 9.80 Å². The number of aromatic amines is 2. The highest BCUT2D eigenvalue weighted by Crippen LogP contribution is 2.25. The number of H-pyrrole nitrogens is 2. The molecule has 308 valence electrons. The molecule has 2 aromatic heterocycles. The number of carbonyl (C=O) groups excluding carboxylic acids is 2. The van der Waals surface area contributed by atoms with Crippen molar-refractivity contribution < 1.29 is 31.1 Å². The molecule has 59 heavy (non-hydrogen) atoms. The number of aromatic nitrogens is 6. The molecule has 19 heteroatoms. The number of rotatable bonds is 7. The summed E-state index contributed by atoms with van der Waals surface area (Å²) in [5.41, 5.74) is 2.02. The Morgan fingerprint density at radius 3 is 1.49 bits per heavy atom. The molecule has 2 amide bonds. The van der Waals surface area contributed by atoms with Gasteiger partial charge in [-0.05, 0) is 91.6 Å². The van der Waals surface area contributed by atoms with Gasteiger partial charge in [0.2, 0.25) is 26.4 Å². The van der Waals surface area contributed by atoms with Crippen LogP contribution in [0.1, 0.15) is 34.6 Å². The van der Waals surface area contributed by atoms with Crippen molar-refractivity contribution in [3.63, 3.8) is 0 Å². The summed E-state index contributed by atoms with van der Waals surface area (Å²) in [4.78, 5) is 36.7. The number of benzene rings is 4. The molecule has 0 radical (unpaired) electrons.